The lowest BCUT2D eigenvalue weighted by atomic mass is 10.0. The van der Waals surface area contributed by atoms with Gasteiger partial charge in [0.1, 0.15) is 0 Å². The lowest BCUT2D eigenvalue weighted by Crippen LogP contribution is -2.52. The van der Waals surface area contributed by atoms with Crippen molar-refractivity contribution in [3.05, 3.63) is 41.4 Å². The second-order valence-corrected chi connectivity index (χ2v) is 6.12. The Hall–Kier alpha value is -2.54. The van der Waals surface area contributed by atoms with Gasteiger partial charge in [0.15, 0.2) is 18.2 Å². The first-order valence-electron chi connectivity index (χ1n) is 7.23. The van der Waals surface area contributed by atoms with E-state index in [1.165, 1.54) is 6.92 Å². The Kier molecular flexibility index (Phi) is 5.46. The number of nitrogens with one attached hydrogen (secondary N) is 1. The van der Waals surface area contributed by atoms with Crippen LogP contribution in [0, 0.1) is 0 Å². The molecule has 0 fully saturated rings. The molecule has 0 spiro atoms. The third-order valence-corrected chi connectivity index (χ3v) is 3.41. The molecule has 1 aromatic heterocycles. The fourth-order valence-electron chi connectivity index (χ4n) is 1.90. The van der Waals surface area contributed by atoms with Gasteiger partial charge in [-0.2, -0.15) is 0 Å². The second-order valence-electron chi connectivity index (χ2n) is 5.68. The van der Waals surface area contributed by atoms with Crippen LogP contribution in [0.3, 0.4) is 0 Å². The van der Waals surface area contributed by atoms with E-state index in [2.05, 4.69) is 15.5 Å². The van der Waals surface area contributed by atoms with Crippen molar-refractivity contribution in [1.82, 2.24) is 10.3 Å². The fourth-order valence-corrected chi connectivity index (χ4v) is 2.03. The first-order valence-corrected chi connectivity index (χ1v) is 7.61. The predicted octanol–water partition coefficient (Wildman–Crippen LogP) is 2.70. The van der Waals surface area contributed by atoms with Gasteiger partial charge in [0.2, 0.25) is 11.8 Å². The maximum Gasteiger partial charge on any atom is 0.235 e. The van der Waals surface area contributed by atoms with Crippen molar-refractivity contribution in [3.8, 4) is 11.3 Å². The monoisotopic (exact) mass is 350 g/mol. The summed E-state index contributed by atoms with van der Waals surface area (Å²) in [4.78, 5) is 20.4. The zero-order valence-corrected chi connectivity index (χ0v) is 14.4. The van der Waals surface area contributed by atoms with Crippen molar-refractivity contribution in [1.29, 1.82) is 0 Å². The fraction of sp³-hybridized carbons (Fsp3) is 0.312. The standard InChI is InChI=1S/C16H19ClN4O3/c1-10(22)20-16(2,3)15(18)21-23-9-14-19-8-13(24-14)11-4-6-12(17)7-5-11/h4-8H,9H2,1-3H3,(H2,18,21)(H,20,22). The van der Waals surface area contributed by atoms with E-state index in [0.717, 1.165) is 5.56 Å². The zero-order chi connectivity index (χ0) is 17.7. The van der Waals surface area contributed by atoms with Crippen molar-refractivity contribution < 1.29 is 14.0 Å². The van der Waals surface area contributed by atoms with Gasteiger partial charge in [-0.1, -0.05) is 16.8 Å². The smallest absolute Gasteiger partial charge is 0.235 e. The summed E-state index contributed by atoms with van der Waals surface area (Å²) in [6.07, 6.45) is 1.59. The van der Waals surface area contributed by atoms with E-state index in [1.54, 1.807) is 32.2 Å². The number of nitrogens with zero attached hydrogens (tertiary/aromatic N) is 2. The Morgan fingerprint density at radius 1 is 1.42 bits per heavy atom. The van der Waals surface area contributed by atoms with E-state index in [9.17, 15) is 4.79 Å². The van der Waals surface area contributed by atoms with E-state index in [4.69, 9.17) is 26.6 Å². The van der Waals surface area contributed by atoms with Gasteiger partial charge >= 0.3 is 0 Å². The highest BCUT2D eigenvalue weighted by atomic mass is 35.5. The maximum atomic E-state index is 11.1. The molecular weight excluding hydrogens is 332 g/mol. The molecule has 0 saturated carbocycles. The summed E-state index contributed by atoms with van der Waals surface area (Å²) in [6, 6.07) is 7.20. The Labute approximate surface area is 144 Å². The maximum absolute atomic E-state index is 11.1. The van der Waals surface area contributed by atoms with E-state index in [0.29, 0.717) is 16.7 Å². The molecule has 0 aliphatic heterocycles. The normalized spacial score (nSPS) is 12.1. The minimum Gasteiger partial charge on any atom is -0.437 e. The minimum absolute atomic E-state index is 0.0183. The summed E-state index contributed by atoms with van der Waals surface area (Å²) in [5.41, 5.74) is 5.87. The Balaban J connectivity index is 1.97. The number of aromatic nitrogens is 1. The molecule has 3 N–H and O–H groups in total. The summed E-state index contributed by atoms with van der Waals surface area (Å²) in [6.45, 7) is 4.87. The average Bonchev–Trinajstić information content (AvgIpc) is 2.95. The topological polar surface area (TPSA) is 103 Å². The Morgan fingerprint density at radius 3 is 2.71 bits per heavy atom. The van der Waals surface area contributed by atoms with Crippen LogP contribution in [0.5, 0.6) is 0 Å². The SMILES string of the molecule is CC(=O)NC(C)(C)/C(N)=N/OCc1ncc(-c2ccc(Cl)cc2)o1. The molecule has 1 heterocycles. The summed E-state index contributed by atoms with van der Waals surface area (Å²) < 4.78 is 5.58. The molecule has 128 valence electrons. The molecule has 2 aromatic rings. The number of amidine groups is 1. The van der Waals surface area contributed by atoms with E-state index in [1.807, 2.05) is 12.1 Å². The number of amides is 1. The van der Waals surface area contributed by atoms with Gasteiger partial charge in [0, 0.05) is 17.5 Å². The number of nitrogens with two attached hydrogens (primary N) is 1. The molecule has 2 rings (SSSR count). The lowest BCUT2D eigenvalue weighted by molar-refractivity contribution is -0.119. The molecular formula is C16H19ClN4O3. The van der Waals surface area contributed by atoms with Crippen LogP contribution in [-0.2, 0) is 16.2 Å². The van der Waals surface area contributed by atoms with Crippen molar-refractivity contribution >= 4 is 23.3 Å². The van der Waals surface area contributed by atoms with Crippen molar-refractivity contribution in [2.24, 2.45) is 10.9 Å². The molecule has 1 amide bonds. The first-order chi connectivity index (χ1) is 11.3. The van der Waals surface area contributed by atoms with E-state index >= 15 is 0 Å². The average molecular weight is 351 g/mol. The molecule has 24 heavy (non-hydrogen) atoms. The summed E-state index contributed by atoms with van der Waals surface area (Å²) in [5.74, 6) is 0.885. The van der Waals surface area contributed by atoms with Crippen LogP contribution in [0.25, 0.3) is 11.3 Å². The molecule has 0 aliphatic carbocycles. The highest BCUT2D eigenvalue weighted by Gasteiger charge is 2.24. The van der Waals surface area contributed by atoms with Gasteiger partial charge < -0.3 is 20.3 Å². The molecule has 0 aliphatic rings. The van der Waals surface area contributed by atoms with Gasteiger partial charge in [0.25, 0.3) is 0 Å². The van der Waals surface area contributed by atoms with Crippen molar-refractivity contribution in [2.75, 3.05) is 0 Å². The van der Waals surface area contributed by atoms with Gasteiger partial charge in [-0.05, 0) is 38.1 Å². The Morgan fingerprint density at radius 2 is 2.08 bits per heavy atom. The third kappa shape index (κ3) is 4.73. The van der Waals surface area contributed by atoms with Gasteiger partial charge in [0.05, 0.1) is 11.7 Å². The number of oxime groups is 1. The van der Waals surface area contributed by atoms with E-state index in [-0.39, 0.29) is 18.3 Å². The van der Waals surface area contributed by atoms with Gasteiger partial charge in [-0.25, -0.2) is 4.98 Å². The number of hydrogen-bond donors (Lipinski definition) is 2. The van der Waals surface area contributed by atoms with Crippen molar-refractivity contribution in [3.63, 3.8) is 0 Å². The van der Waals surface area contributed by atoms with Gasteiger partial charge in [-0.15, -0.1) is 0 Å². The van der Waals surface area contributed by atoms with Crippen molar-refractivity contribution in [2.45, 2.75) is 32.9 Å². The van der Waals surface area contributed by atoms with Crippen LogP contribution in [0.15, 0.2) is 40.0 Å². The number of carbonyl (C=O) groups is 1. The molecule has 0 unspecified atom stereocenters. The minimum atomic E-state index is -0.809. The van der Waals surface area contributed by atoms with Gasteiger partial charge in [-0.3, -0.25) is 4.79 Å². The Bertz CT molecular complexity index is 738. The number of oxazole rings is 1. The molecule has 0 saturated heterocycles. The lowest BCUT2D eigenvalue weighted by Gasteiger charge is -2.23. The highest BCUT2D eigenvalue weighted by molar-refractivity contribution is 6.30. The van der Waals surface area contributed by atoms with Crippen LogP contribution in [-0.4, -0.2) is 22.3 Å². The molecule has 0 radical (unpaired) electrons. The third-order valence-electron chi connectivity index (χ3n) is 3.16. The number of hydrogen-bond acceptors (Lipinski definition) is 5. The number of halogens is 1. The number of rotatable bonds is 6. The van der Waals surface area contributed by atoms with E-state index < -0.39 is 5.54 Å². The van der Waals surface area contributed by atoms with Crippen LogP contribution in [0.4, 0.5) is 0 Å². The molecule has 0 bridgehead atoms. The molecule has 0 atom stereocenters. The molecule has 7 nitrogen and oxygen atoms in total. The van der Waals surface area contributed by atoms with Crippen LogP contribution in [0.1, 0.15) is 26.7 Å². The zero-order valence-electron chi connectivity index (χ0n) is 13.7. The van der Waals surface area contributed by atoms with Crippen LogP contribution in [0.2, 0.25) is 5.02 Å². The summed E-state index contributed by atoms with van der Waals surface area (Å²) in [7, 11) is 0. The molecule has 8 heteroatoms. The highest BCUT2D eigenvalue weighted by Crippen LogP contribution is 2.22. The molecule has 1 aromatic carbocycles. The van der Waals surface area contributed by atoms with Crippen LogP contribution >= 0.6 is 11.6 Å². The number of carbonyl (C=O) groups excluding carboxylic acids is 1. The second kappa shape index (κ2) is 7.35. The largest absolute Gasteiger partial charge is 0.437 e. The first kappa shape index (κ1) is 17.8. The summed E-state index contributed by atoms with van der Waals surface area (Å²) in [5, 5.41) is 7.12. The quantitative estimate of drug-likeness (QED) is 0.473. The van der Waals surface area contributed by atoms with Crippen LogP contribution < -0.4 is 11.1 Å². The summed E-state index contributed by atoms with van der Waals surface area (Å²) >= 11 is 5.85. The number of benzene rings is 1. The predicted molar refractivity (Wildman–Crippen MR) is 91.3 cm³/mol.